The molecule has 294 valence electrons. The second-order valence-corrected chi connectivity index (χ2v) is 20.0. The lowest BCUT2D eigenvalue weighted by Gasteiger charge is -2.43. The van der Waals surface area contributed by atoms with Crippen molar-refractivity contribution in [3.05, 3.63) is 30.3 Å². The third kappa shape index (κ3) is 8.58. The Kier molecular flexibility index (Phi) is 11.7. The minimum absolute atomic E-state index is 0.00351. The molecule has 1 heterocycles. The maximum Gasteiger partial charge on any atom is 0.315 e. The molecule has 53 heavy (non-hydrogen) atoms. The summed E-state index contributed by atoms with van der Waals surface area (Å²) >= 11 is 0. The minimum atomic E-state index is -3.85. The van der Waals surface area contributed by atoms with E-state index in [2.05, 4.69) is 29.8 Å². The van der Waals surface area contributed by atoms with Crippen LogP contribution in [0.1, 0.15) is 99.3 Å². The summed E-state index contributed by atoms with van der Waals surface area (Å²) in [6.07, 6.45) is 7.79. The van der Waals surface area contributed by atoms with Crippen molar-refractivity contribution < 1.29 is 32.4 Å². The maximum atomic E-state index is 14.6. The van der Waals surface area contributed by atoms with Gasteiger partial charge in [0.2, 0.25) is 27.6 Å². The van der Waals surface area contributed by atoms with Gasteiger partial charge in [0.25, 0.3) is 5.91 Å². The third-order valence-corrected chi connectivity index (χ3v) is 14.5. The van der Waals surface area contributed by atoms with E-state index in [0.717, 1.165) is 51.4 Å². The monoisotopic (exact) mass is 756 g/mol. The lowest BCUT2D eigenvalue weighted by molar-refractivity contribution is -0.145. The van der Waals surface area contributed by atoms with Crippen molar-refractivity contribution in [3.8, 4) is 0 Å². The number of nitrogens with two attached hydrogens (primary N) is 1. The second-order valence-electron chi connectivity index (χ2n) is 17.9. The zero-order valence-corrected chi connectivity index (χ0v) is 33.3. The molecule has 13 nitrogen and oxygen atoms in total. The minimum Gasteiger partial charge on any atom is -0.363 e. The number of likely N-dealkylation sites (N-methyl/N-ethyl adjacent to an activating group) is 1. The van der Waals surface area contributed by atoms with E-state index in [4.69, 9.17) is 5.73 Å². The van der Waals surface area contributed by atoms with E-state index in [9.17, 15) is 32.4 Å². The van der Waals surface area contributed by atoms with E-state index >= 15 is 0 Å². The summed E-state index contributed by atoms with van der Waals surface area (Å²) in [4.78, 5) is 69.2. The summed E-state index contributed by atoms with van der Waals surface area (Å²) in [6, 6.07) is 4.58. The fourth-order valence-corrected chi connectivity index (χ4v) is 10.4. The zero-order valence-electron chi connectivity index (χ0n) is 32.4. The number of Topliss-reactive ketones (excluding diaryl/α,β-unsaturated/α-hetero) is 1. The standard InChI is InChI=1S/C39H60N6O7S/c1-37(2,3)32(42-36(50)43-39(6,25-17-10-8-11-18-25)23-44(7)53(51,52)26-19-12-9-13-20-26)35(49)45-22-27-29(38(27,4)5)30(45)34(48)41-28(31(46)33(40)47)21-24-15-14-16-24/h9,12-13,19-20,24-25,27-30,32H,8,10-11,14-18,21-23H2,1-7H3,(H2,40,47)(H,41,48)(H2,42,43,50)/t27-,28?,29?,30-,32+,39+/m0/s1. The molecular formula is C39H60N6O7S. The molecular weight excluding hydrogens is 697 g/mol. The Balaban J connectivity index is 1.36. The first-order valence-electron chi connectivity index (χ1n) is 19.2. The quantitative estimate of drug-likeness (QED) is 0.209. The summed E-state index contributed by atoms with van der Waals surface area (Å²) in [5.74, 6) is -2.78. The second kappa shape index (κ2) is 15.3. The summed E-state index contributed by atoms with van der Waals surface area (Å²) in [6.45, 7) is 11.8. The normalized spacial score (nSPS) is 25.3. The Morgan fingerprint density at radius 2 is 1.57 bits per heavy atom. The molecule has 5 rings (SSSR count). The van der Waals surface area contributed by atoms with Gasteiger partial charge >= 0.3 is 6.03 Å². The molecule has 14 heteroatoms. The molecule has 2 unspecified atom stereocenters. The first-order chi connectivity index (χ1) is 24.7. The number of likely N-dealkylation sites (tertiary alicyclic amines) is 1. The van der Waals surface area contributed by atoms with Crippen LogP contribution in [0.2, 0.25) is 0 Å². The molecule has 0 spiro atoms. The molecule has 0 bridgehead atoms. The van der Waals surface area contributed by atoms with Crippen molar-refractivity contribution in [2.75, 3.05) is 20.1 Å². The number of sulfonamides is 1. The molecule has 0 radical (unpaired) electrons. The Hall–Kier alpha value is -3.52. The molecule has 4 fully saturated rings. The lowest BCUT2D eigenvalue weighted by atomic mass is 9.75. The zero-order chi connectivity index (χ0) is 39.1. The van der Waals surface area contributed by atoms with Gasteiger partial charge in [-0.2, -0.15) is 4.31 Å². The number of carbonyl (C=O) groups is 5. The summed E-state index contributed by atoms with van der Waals surface area (Å²) in [5.41, 5.74) is 3.42. The van der Waals surface area contributed by atoms with Crippen LogP contribution in [0.3, 0.4) is 0 Å². The van der Waals surface area contributed by atoms with E-state index < -0.39 is 68.6 Å². The van der Waals surface area contributed by atoms with Gasteiger partial charge < -0.3 is 26.6 Å². The summed E-state index contributed by atoms with van der Waals surface area (Å²) < 4.78 is 28.4. The van der Waals surface area contributed by atoms with Gasteiger partial charge in [-0.05, 0) is 72.8 Å². The Morgan fingerprint density at radius 3 is 2.11 bits per heavy atom. The van der Waals surface area contributed by atoms with Crippen LogP contribution < -0.4 is 21.7 Å². The first-order valence-corrected chi connectivity index (χ1v) is 20.7. The van der Waals surface area contributed by atoms with Gasteiger partial charge in [-0.15, -0.1) is 0 Å². The average Bonchev–Trinajstić information content (AvgIpc) is 3.37. The van der Waals surface area contributed by atoms with Gasteiger partial charge in [-0.25, -0.2) is 13.2 Å². The highest BCUT2D eigenvalue weighted by Gasteiger charge is 2.70. The number of hydrogen-bond donors (Lipinski definition) is 4. The number of urea groups is 1. The van der Waals surface area contributed by atoms with Crippen molar-refractivity contribution in [1.29, 1.82) is 0 Å². The summed E-state index contributed by atoms with van der Waals surface area (Å²) in [7, 11) is -2.33. The largest absolute Gasteiger partial charge is 0.363 e. The van der Waals surface area contributed by atoms with Crippen LogP contribution in [0.4, 0.5) is 4.79 Å². The molecule has 1 aromatic rings. The van der Waals surface area contributed by atoms with E-state index in [1.54, 1.807) is 30.3 Å². The molecule has 1 saturated heterocycles. The fraction of sp³-hybridized carbons (Fsp3) is 0.718. The predicted octanol–water partition coefficient (Wildman–Crippen LogP) is 3.57. The highest BCUT2D eigenvalue weighted by molar-refractivity contribution is 7.89. The molecule has 3 saturated carbocycles. The van der Waals surface area contributed by atoms with Gasteiger partial charge in [0.05, 0.1) is 16.5 Å². The van der Waals surface area contributed by atoms with Crippen molar-refractivity contribution in [1.82, 2.24) is 25.2 Å². The van der Waals surface area contributed by atoms with Gasteiger partial charge in [0, 0.05) is 20.1 Å². The number of piperidine rings is 1. The molecule has 5 N–H and O–H groups in total. The van der Waals surface area contributed by atoms with Crippen molar-refractivity contribution in [2.24, 2.45) is 40.2 Å². The number of benzene rings is 1. The van der Waals surface area contributed by atoms with E-state index in [1.807, 2.05) is 27.7 Å². The highest BCUT2D eigenvalue weighted by Crippen LogP contribution is 2.65. The maximum absolute atomic E-state index is 14.6. The van der Waals surface area contributed by atoms with Crippen LogP contribution in [-0.4, -0.2) is 91.0 Å². The van der Waals surface area contributed by atoms with E-state index in [-0.39, 0.29) is 40.5 Å². The van der Waals surface area contributed by atoms with E-state index in [1.165, 1.54) is 16.3 Å². The third-order valence-electron chi connectivity index (χ3n) is 12.7. The topological polar surface area (TPSA) is 188 Å². The first kappa shape index (κ1) is 40.7. The van der Waals surface area contributed by atoms with Crippen LogP contribution in [0.15, 0.2) is 35.2 Å². The summed E-state index contributed by atoms with van der Waals surface area (Å²) in [5, 5.41) is 8.87. The van der Waals surface area contributed by atoms with Gasteiger partial charge in [-0.3, -0.25) is 19.2 Å². The Morgan fingerprint density at radius 1 is 0.943 bits per heavy atom. The molecule has 3 aliphatic carbocycles. The van der Waals surface area contributed by atoms with Crippen molar-refractivity contribution >= 4 is 39.6 Å². The van der Waals surface area contributed by atoms with Crippen LogP contribution in [-0.2, 0) is 29.2 Å². The highest BCUT2D eigenvalue weighted by atomic mass is 32.2. The van der Waals surface area contributed by atoms with E-state index in [0.29, 0.717) is 13.0 Å². The molecule has 4 aliphatic rings. The van der Waals surface area contributed by atoms with Gasteiger partial charge in [-0.1, -0.05) is 91.3 Å². The molecule has 6 atom stereocenters. The molecule has 1 aliphatic heterocycles. The molecule has 0 aromatic heterocycles. The Bertz CT molecular complexity index is 1670. The molecule has 1 aromatic carbocycles. The lowest BCUT2D eigenvalue weighted by Crippen LogP contribution is -2.65. The van der Waals surface area contributed by atoms with Gasteiger partial charge in [0.1, 0.15) is 12.1 Å². The Labute approximate surface area is 315 Å². The number of nitrogens with one attached hydrogen (secondary N) is 3. The number of ketones is 1. The van der Waals surface area contributed by atoms with Crippen molar-refractivity contribution in [3.63, 3.8) is 0 Å². The average molecular weight is 757 g/mol. The van der Waals surface area contributed by atoms with Crippen LogP contribution in [0.25, 0.3) is 0 Å². The number of nitrogens with zero attached hydrogens (tertiary/aromatic N) is 2. The predicted molar refractivity (Wildman–Crippen MR) is 201 cm³/mol. The SMILES string of the molecule is CN(C[C@@](C)(NC(=O)N[C@H](C(=O)N1C[C@H]2C([C@H]1C(=O)NC(CC1CCC1)C(=O)C(N)=O)C2(C)C)C(C)(C)C)C1CCCCC1)S(=O)(=O)c1ccccc1. The number of rotatable bonds is 14. The van der Waals surface area contributed by atoms with Gasteiger partial charge in [0.15, 0.2) is 0 Å². The smallest absolute Gasteiger partial charge is 0.315 e. The number of amides is 5. The number of carbonyl (C=O) groups excluding carboxylic acids is 5. The number of fused-ring (bicyclic) bond motifs is 1. The molecule has 5 amide bonds. The van der Waals surface area contributed by atoms with Crippen LogP contribution in [0.5, 0.6) is 0 Å². The number of hydrogen-bond acceptors (Lipinski definition) is 7. The fourth-order valence-electron chi connectivity index (χ4n) is 9.11. The van der Waals surface area contributed by atoms with Crippen LogP contribution in [0, 0.1) is 34.5 Å². The number of primary amides is 1. The van der Waals surface area contributed by atoms with Crippen LogP contribution >= 0.6 is 0 Å². The van der Waals surface area contributed by atoms with Crippen molar-refractivity contribution in [2.45, 2.75) is 128 Å².